The van der Waals surface area contributed by atoms with Gasteiger partial charge < -0.3 is 34.4 Å². The summed E-state index contributed by atoms with van der Waals surface area (Å²) in [4.78, 5) is 46.8. The Morgan fingerprint density at radius 3 is 2.30 bits per heavy atom. The predicted molar refractivity (Wildman–Crippen MR) is 165 cm³/mol. The molecule has 0 spiro atoms. The maximum absolute atomic E-state index is 11.7. The van der Waals surface area contributed by atoms with Crippen LogP contribution in [0.4, 0.5) is 11.6 Å². The number of furan rings is 2. The molecule has 43 heavy (non-hydrogen) atoms. The number of halogens is 2. The number of esters is 1. The third kappa shape index (κ3) is 9.05. The van der Waals surface area contributed by atoms with E-state index < -0.39 is 30.0 Å². The Bertz CT molecular complexity index is 1580. The number of methoxy groups -OCH3 is 1. The van der Waals surface area contributed by atoms with Crippen LogP contribution in [0.3, 0.4) is 0 Å². The van der Waals surface area contributed by atoms with E-state index in [9.17, 15) is 24.6 Å². The number of carbonyl (C=O) groups excluding carboxylic acids is 1. The van der Waals surface area contributed by atoms with Gasteiger partial charge in [-0.3, -0.25) is 4.98 Å². The zero-order valence-electron chi connectivity index (χ0n) is 23.3. The molecule has 0 aliphatic carbocycles. The van der Waals surface area contributed by atoms with Gasteiger partial charge in [0.15, 0.2) is 12.1 Å². The Morgan fingerprint density at radius 1 is 1.00 bits per heavy atom. The van der Waals surface area contributed by atoms with Gasteiger partial charge in [-0.15, -0.1) is 0 Å². The van der Waals surface area contributed by atoms with Crippen molar-refractivity contribution in [2.45, 2.75) is 31.7 Å². The molecule has 0 saturated heterocycles. The average Bonchev–Trinajstić information content (AvgIpc) is 3.59. The normalized spacial score (nSPS) is 12.0. The number of carboxylic acids is 2. The fourth-order valence-electron chi connectivity index (χ4n) is 3.56. The van der Waals surface area contributed by atoms with Crippen molar-refractivity contribution in [3.8, 4) is 0 Å². The van der Waals surface area contributed by atoms with Crippen molar-refractivity contribution < 1.29 is 38.2 Å². The molecule has 4 aromatic heterocycles. The van der Waals surface area contributed by atoms with Crippen molar-refractivity contribution in [3.63, 3.8) is 0 Å². The number of nitrogens with zero attached hydrogens (tertiary/aromatic N) is 3. The van der Waals surface area contributed by atoms with E-state index in [1.165, 1.54) is 31.8 Å². The highest BCUT2D eigenvalue weighted by molar-refractivity contribution is 9.11. The van der Waals surface area contributed by atoms with Crippen molar-refractivity contribution >= 4 is 73.2 Å². The van der Waals surface area contributed by atoms with Crippen LogP contribution in [0.5, 0.6) is 0 Å². The number of pyridine rings is 1. The van der Waals surface area contributed by atoms with Crippen LogP contribution >= 0.6 is 43.6 Å². The van der Waals surface area contributed by atoms with E-state index in [-0.39, 0.29) is 17.1 Å². The molecule has 13 nitrogen and oxygen atoms in total. The summed E-state index contributed by atoms with van der Waals surface area (Å²) in [6.07, 6.45) is 6.42. The highest BCUT2D eigenvalue weighted by Gasteiger charge is 2.28. The van der Waals surface area contributed by atoms with Crippen LogP contribution in [-0.2, 0) is 20.1 Å². The zero-order chi connectivity index (χ0) is 31.7. The lowest BCUT2D eigenvalue weighted by atomic mass is 10.2. The van der Waals surface area contributed by atoms with Gasteiger partial charge in [-0.1, -0.05) is 0 Å². The summed E-state index contributed by atoms with van der Waals surface area (Å²) >= 11 is 8.29. The molecule has 4 heterocycles. The summed E-state index contributed by atoms with van der Waals surface area (Å²) in [7, 11) is 1.24. The first-order valence-electron chi connectivity index (χ1n) is 12.3. The highest BCUT2D eigenvalue weighted by atomic mass is 79.9. The standard InChI is InChI=1S/C15H14Br2N2O5.C12H13N3O3S/c1-6-9(16)5-10(17)13(18-6)19-12(14(20)21)11-4-8(7(2)24-11)15(22)23-3;1-19-7-8-2-3-9(18-8)11(12(16)17)15-10-6-13-4-5-14-10/h4-5,12H,1-3H3,(H,18,19)(H,20,21);2-6,11H,7H2,1H3,(H,14,15)(H,16,17). The Kier molecular flexibility index (Phi) is 12.1. The van der Waals surface area contributed by atoms with Crippen molar-refractivity contribution in [1.29, 1.82) is 0 Å². The largest absolute Gasteiger partial charge is 0.479 e. The van der Waals surface area contributed by atoms with Crippen molar-refractivity contribution in [3.05, 3.63) is 86.1 Å². The molecule has 0 radical (unpaired) electrons. The van der Waals surface area contributed by atoms with E-state index in [1.54, 1.807) is 43.8 Å². The zero-order valence-corrected chi connectivity index (χ0v) is 27.2. The number of carbonyl (C=O) groups is 3. The van der Waals surface area contributed by atoms with Crippen LogP contribution < -0.4 is 10.6 Å². The maximum Gasteiger partial charge on any atom is 0.341 e. The lowest BCUT2D eigenvalue weighted by molar-refractivity contribution is -0.139. The fourth-order valence-corrected chi connectivity index (χ4v) is 5.05. The molecule has 0 fully saturated rings. The number of ether oxygens (including phenoxy) is 1. The first kappa shape index (κ1) is 33.6. The topological polar surface area (TPSA) is 190 Å². The number of aromatic nitrogens is 3. The summed E-state index contributed by atoms with van der Waals surface area (Å²) < 4.78 is 17.0. The minimum Gasteiger partial charge on any atom is -0.479 e. The van der Waals surface area contributed by atoms with Crippen LogP contribution in [0.1, 0.15) is 51.2 Å². The number of aryl methyl sites for hydroxylation is 2. The summed E-state index contributed by atoms with van der Waals surface area (Å²) in [6.45, 7) is 3.34. The molecule has 4 rings (SSSR count). The van der Waals surface area contributed by atoms with Gasteiger partial charge in [0.25, 0.3) is 0 Å². The predicted octanol–water partition coefficient (Wildman–Crippen LogP) is 6.01. The van der Waals surface area contributed by atoms with Crippen LogP contribution in [0.15, 0.2) is 60.6 Å². The summed E-state index contributed by atoms with van der Waals surface area (Å²) in [5.41, 5.74) is 0.871. The van der Waals surface area contributed by atoms with Gasteiger partial charge in [0.1, 0.15) is 40.2 Å². The highest BCUT2D eigenvalue weighted by Crippen LogP contribution is 2.31. The molecule has 2 atom stereocenters. The van der Waals surface area contributed by atoms with E-state index >= 15 is 0 Å². The number of thioether (sulfide) groups is 1. The fraction of sp³-hybridized carbons (Fsp3) is 0.259. The molecule has 0 aromatic carbocycles. The monoisotopic (exact) mass is 739 g/mol. The van der Waals surface area contributed by atoms with Crippen LogP contribution in [0.2, 0.25) is 0 Å². The molecule has 0 bridgehead atoms. The lowest BCUT2D eigenvalue weighted by Gasteiger charge is -2.15. The second-order valence-corrected chi connectivity index (χ2v) is 11.2. The minimum absolute atomic E-state index is 0.0784. The van der Waals surface area contributed by atoms with Gasteiger partial charge in [0, 0.05) is 16.9 Å². The van der Waals surface area contributed by atoms with Gasteiger partial charge >= 0.3 is 17.9 Å². The first-order valence-corrected chi connectivity index (χ1v) is 15.3. The minimum atomic E-state index is -1.22. The molecule has 0 aliphatic rings. The van der Waals surface area contributed by atoms with Crippen molar-refractivity contribution in [2.24, 2.45) is 0 Å². The number of rotatable bonds is 11. The van der Waals surface area contributed by atoms with E-state index in [4.69, 9.17) is 8.83 Å². The molecular weight excluding hydrogens is 714 g/mol. The third-order valence-corrected chi connectivity index (χ3v) is 7.60. The lowest BCUT2D eigenvalue weighted by Crippen LogP contribution is -2.21. The second-order valence-electron chi connectivity index (χ2n) is 8.66. The number of anilines is 2. The molecule has 4 aromatic rings. The maximum atomic E-state index is 11.7. The van der Waals surface area contributed by atoms with Gasteiger partial charge in [-0.05, 0) is 76.2 Å². The number of aliphatic carboxylic acids is 2. The van der Waals surface area contributed by atoms with Gasteiger partial charge in [-0.25, -0.2) is 24.4 Å². The second kappa shape index (κ2) is 15.5. The number of nitrogens with one attached hydrogen (secondary N) is 2. The number of hydrogen-bond donors (Lipinski definition) is 4. The van der Waals surface area contributed by atoms with Crippen LogP contribution in [0, 0.1) is 13.8 Å². The van der Waals surface area contributed by atoms with Gasteiger partial charge in [0.05, 0.1) is 29.2 Å². The van der Waals surface area contributed by atoms with E-state index in [0.29, 0.717) is 33.3 Å². The van der Waals surface area contributed by atoms with E-state index in [1.807, 2.05) is 6.26 Å². The van der Waals surface area contributed by atoms with E-state index in [2.05, 4.69) is 62.2 Å². The summed E-state index contributed by atoms with van der Waals surface area (Å²) in [5, 5.41) is 24.3. The quantitative estimate of drug-likeness (QED) is 0.131. The molecule has 16 heteroatoms. The average molecular weight is 741 g/mol. The first-order chi connectivity index (χ1) is 20.4. The summed E-state index contributed by atoms with van der Waals surface area (Å²) in [5.74, 6) is 0.0952. The van der Waals surface area contributed by atoms with Crippen LogP contribution in [-0.4, -0.2) is 56.4 Å². The van der Waals surface area contributed by atoms with Gasteiger partial charge in [-0.2, -0.15) is 11.8 Å². The molecule has 4 N–H and O–H groups in total. The Labute approximate surface area is 267 Å². The molecule has 0 aliphatic heterocycles. The smallest absolute Gasteiger partial charge is 0.341 e. The molecule has 2 unspecified atom stereocenters. The number of carboxylic acid groups (broad SMARTS) is 2. The Hall–Kier alpha value is -3.89. The van der Waals surface area contributed by atoms with Gasteiger partial charge in [0.2, 0.25) is 0 Å². The molecule has 228 valence electrons. The molecular formula is C27H27Br2N5O8S. The number of hydrogen-bond acceptors (Lipinski definition) is 12. The Balaban J connectivity index is 0.000000242. The molecule has 0 amide bonds. The Morgan fingerprint density at radius 2 is 1.70 bits per heavy atom. The van der Waals surface area contributed by atoms with Crippen molar-refractivity contribution in [2.75, 3.05) is 24.0 Å². The third-order valence-electron chi connectivity index (χ3n) is 5.62. The van der Waals surface area contributed by atoms with Crippen molar-refractivity contribution in [1.82, 2.24) is 15.0 Å². The van der Waals surface area contributed by atoms with E-state index in [0.717, 1.165) is 10.2 Å². The van der Waals surface area contributed by atoms with Crippen LogP contribution in [0.25, 0.3) is 0 Å². The SMILES string of the molecule is COC(=O)c1cc(C(Nc2nc(C)c(Br)cc2Br)C(=O)O)oc1C.CSCc1ccc(C(Nc2cnccn2)C(=O)O)o1. The summed E-state index contributed by atoms with van der Waals surface area (Å²) in [6, 6.07) is 4.36. The molecule has 0 saturated carbocycles.